The summed E-state index contributed by atoms with van der Waals surface area (Å²) in [6.45, 7) is 2.07. The fourth-order valence-corrected chi connectivity index (χ4v) is 3.71. The number of imide groups is 1. The number of aryl methyl sites for hydroxylation is 1. The number of amides is 2. The predicted octanol–water partition coefficient (Wildman–Crippen LogP) is 3.12. The Kier molecular flexibility index (Phi) is 5.16. The van der Waals surface area contributed by atoms with Gasteiger partial charge in [-0.15, -0.1) is 0 Å². The standard InChI is InChI=1S/C21H18N2O4S/c1-13-10-20(22-15-7-3-2-6-14(13)15)28-12-19(24)23-21(25)18-11-26-16-8-4-5-9-17(16)27-18/h2-10,18H,11-12H2,1H3,(H,23,24,25)/t18-/m0/s1. The number of thioether (sulfide) groups is 1. The average molecular weight is 394 g/mol. The van der Waals surface area contributed by atoms with Gasteiger partial charge in [0.2, 0.25) is 12.0 Å². The van der Waals surface area contributed by atoms with Crippen LogP contribution >= 0.6 is 11.8 Å². The van der Waals surface area contributed by atoms with Crippen molar-refractivity contribution in [2.45, 2.75) is 18.1 Å². The summed E-state index contributed by atoms with van der Waals surface area (Å²) in [6, 6.07) is 16.9. The quantitative estimate of drug-likeness (QED) is 0.685. The molecule has 3 aromatic rings. The highest BCUT2D eigenvalue weighted by Crippen LogP contribution is 2.31. The van der Waals surface area contributed by atoms with Gasteiger partial charge in [0.1, 0.15) is 6.61 Å². The lowest BCUT2D eigenvalue weighted by molar-refractivity contribution is -0.135. The van der Waals surface area contributed by atoms with Gasteiger partial charge in [-0.3, -0.25) is 14.9 Å². The number of benzene rings is 2. The molecule has 1 aromatic heterocycles. The average Bonchev–Trinajstić information content (AvgIpc) is 2.72. The van der Waals surface area contributed by atoms with Crippen LogP contribution in [-0.2, 0) is 9.59 Å². The molecule has 1 N–H and O–H groups in total. The van der Waals surface area contributed by atoms with E-state index >= 15 is 0 Å². The molecule has 1 aliphatic heterocycles. The third-order valence-electron chi connectivity index (χ3n) is 4.31. The highest BCUT2D eigenvalue weighted by Gasteiger charge is 2.28. The van der Waals surface area contributed by atoms with Gasteiger partial charge >= 0.3 is 0 Å². The fourth-order valence-electron chi connectivity index (χ4n) is 2.93. The largest absolute Gasteiger partial charge is 0.485 e. The SMILES string of the molecule is Cc1cc(SCC(=O)NC(=O)[C@@H]2COc3ccccc3O2)nc2ccccc12. The summed E-state index contributed by atoms with van der Waals surface area (Å²) in [4.78, 5) is 29.0. The van der Waals surface area contributed by atoms with Crippen LogP contribution in [0.4, 0.5) is 0 Å². The molecule has 0 unspecified atom stereocenters. The van der Waals surface area contributed by atoms with E-state index in [1.54, 1.807) is 18.2 Å². The van der Waals surface area contributed by atoms with Gasteiger partial charge in [0.15, 0.2) is 11.5 Å². The molecule has 7 heteroatoms. The molecule has 0 fully saturated rings. The van der Waals surface area contributed by atoms with Crippen molar-refractivity contribution in [2.24, 2.45) is 0 Å². The molecule has 0 saturated heterocycles. The number of carbonyl (C=O) groups is 2. The van der Waals surface area contributed by atoms with E-state index in [0.29, 0.717) is 11.5 Å². The zero-order chi connectivity index (χ0) is 19.5. The first-order chi connectivity index (χ1) is 13.6. The van der Waals surface area contributed by atoms with Crippen LogP contribution in [-0.4, -0.2) is 35.3 Å². The summed E-state index contributed by atoms with van der Waals surface area (Å²) in [5.41, 5.74) is 1.98. The molecule has 0 aliphatic carbocycles. The van der Waals surface area contributed by atoms with Gasteiger partial charge in [0.25, 0.3) is 5.91 Å². The lowest BCUT2D eigenvalue weighted by Gasteiger charge is -2.25. The van der Waals surface area contributed by atoms with Crippen LogP contribution in [0, 0.1) is 6.92 Å². The van der Waals surface area contributed by atoms with Crippen molar-refractivity contribution in [1.82, 2.24) is 10.3 Å². The van der Waals surface area contributed by atoms with Gasteiger partial charge in [-0.2, -0.15) is 0 Å². The molecular weight excluding hydrogens is 376 g/mol. The number of fused-ring (bicyclic) bond motifs is 2. The predicted molar refractivity (Wildman–Crippen MR) is 107 cm³/mol. The van der Waals surface area contributed by atoms with Crippen LogP contribution in [0.2, 0.25) is 0 Å². The Bertz CT molecular complexity index is 1050. The first-order valence-electron chi connectivity index (χ1n) is 8.81. The number of hydrogen-bond acceptors (Lipinski definition) is 6. The van der Waals surface area contributed by atoms with E-state index in [9.17, 15) is 9.59 Å². The molecule has 1 atom stereocenters. The van der Waals surface area contributed by atoms with Gasteiger partial charge in [0.05, 0.1) is 16.3 Å². The molecular formula is C21H18N2O4S. The molecule has 28 heavy (non-hydrogen) atoms. The molecule has 0 saturated carbocycles. The molecule has 0 bridgehead atoms. The number of hydrogen-bond donors (Lipinski definition) is 1. The Morgan fingerprint density at radius 1 is 1.14 bits per heavy atom. The Morgan fingerprint density at radius 3 is 2.75 bits per heavy atom. The zero-order valence-corrected chi connectivity index (χ0v) is 16.0. The van der Waals surface area contributed by atoms with Crippen LogP contribution in [0.1, 0.15) is 5.56 Å². The maximum Gasteiger partial charge on any atom is 0.271 e. The van der Waals surface area contributed by atoms with E-state index in [2.05, 4.69) is 10.3 Å². The summed E-state index contributed by atoms with van der Waals surface area (Å²) in [5, 5.41) is 4.20. The van der Waals surface area contributed by atoms with Gasteiger partial charge in [-0.05, 0) is 36.8 Å². The third kappa shape index (κ3) is 3.94. The van der Waals surface area contributed by atoms with E-state index in [0.717, 1.165) is 21.5 Å². The molecule has 2 aromatic carbocycles. The summed E-state index contributed by atoms with van der Waals surface area (Å²) in [5.74, 6) is 0.256. The van der Waals surface area contributed by atoms with Crippen molar-refractivity contribution in [3.8, 4) is 11.5 Å². The second-order valence-corrected chi connectivity index (χ2v) is 7.36. The van der Waals surface area contributed by atoms with Crippen LogP contribution in [0.5, 0.6) is 11.5 Å². The topological polar surface area (TPSA) is 77.5 Å². The minimum atomic E-state index is -0.857. The smallest absolute Gasteiger partial charge is 0.271 e. The number of nitrogens with one attached hydrogen (secondary N) is 1. The number of ether oxygens (including phenoxy) is 2. The van der Waals surface area contributed by atoms with Gasteiger partial charge in [0, 0.05) is 5.39 Å². The first-order valence-corrected chi connectivity index (χ1v) is 9.80. The summed E-state index contributed by atoms with van der Waals surface area (Å²) < 4.78 is 11.1. The maximum atomic E-state index is 12.3. The normalized spacial score (nSPS) is 15.2. The van der Waals surface area contributed by atoms with Gasteiger partial charge in [-0.25, -0.2) is 4.98 Å². The lowest BCUT2D eigenvalue weighted by atomic mass is 10.1. The second-order valence-electron chi connectivity index (χ2n) is 6.36. The third-order valence-corrected chi connectivity index (χ3v) is 5.23. The van der Waals surface area contributed by atoms with Crippen molar-refractivity contribution >= 4 is 34.5 Å². The molecule has 2 amide bonds. The van der Waals surface area contributed by atoms with E-state index in [1.165, 1.54) is 11.8 Å². The van der Waals surface area contributed by atoms with Crippen molar-refractivity contribution in [2.75, 3.05) is 12.4 Å². The number of aromatic nitrogens is 1. The van der Waals surface area contributed by atoms with Crippen LogP contribution in [0.3, 0.4) is 0 Å². The molecule has 4 rings (SSSR count). The van der Waals surface area contributed by atoms with Crippen molar-refractivity contribution < 1.29 is 19.1 Å². The Morgan fingerprint density at radius 2 is 1.89 bits per heavy atom. The number of para-hydroxylation sites is 3. The zero-order valence-electron chi connectivity index (χ0n) is 15.2. The first kappa shape index (κ1) is 18.3. The van der Waals surface area contributed by atoms with E-state index < -0.39 is 17.9 Å². The molecule has 2 heterocycles. The molecule has 6 nitrogen and oxygen atoms in total. The summed E-state index contributed by atoms with van der Waals surface area (Å²) >= 11 is 1.29. The van der Waals surface area contributed by atoms with Gasteiger partial charge < -0.3 is 9.47 Å². The Hall–Kier alpha value is -3.06. The van der Waals surface area contributed by atoms with Gasteiger partial charge in [-0.1, -0.05) is 42.1 Å². The molecule has 0 spiro atoms. The highest BCUT2D eigenvalue weighted by molar-refractivity contribution is 7.99. The van der Waals surface area contributed by atoms with Crippen LogP contribution in [0.25, 0.3) is 10.9 Å². The Labute approximate surface area is 166 Å². The fraction of sp³-hybridized carbons (Fsp3) is 0.190. The number of carbonyl (C=O) groups excluding carboxylic acids is 2. The van der Waals surface area contributed by atoms with Crippen LogP contribution < -0.4 is 14.8 Å². The Balaban J connectivity index is 1.34. The second kappa shape index (κ2) is 7.90. The number of pyridine rings is 1. The monoisotopic (exact) mass is 394 g/mol. The molecule has 0 radical (unpaired) electrons. The highest BCUT2D eigenvalue weighted by atomic mass is 32.2. The minimum Gasteiger partial charge on any atom is -0.485 e. The van der Waals surface area contributed by atoms with E-state index in [1.807, 2.05) is 43.3 Å². The molecule has 142 valence electrons. The summed E-state index contributed by atoms with van der Waals surface area (Å²) in [7, 11) is 0. The summed E-state index contributed by atoms with van der Waals surface area (Å²) in [6.07, 6.45) is -0.857. The lowest BCUT2D eigenvalue weighted by Crippen LogP contribution is -2.46. The van der Waals surface area contributed by atoms with E-state index in [-0.39, 0.29) is 12.4 Å². The van der Waals surface area contributed by atoms with E-state index in [4.69, 9.17) is 9.47 Å². The van der Waals surface area contributed by atoms with Crippen molar-refractivity contribution in [1.29, 1.82) is 0 Å². The minimum absolute atomic E-state index is 0.0642. The number of rotatable bonds is 4. The van der Waals surface area contributed by atoms with Crippen LogP contribution in [0.15, 0.2) is 59.6 Å². The van der Waals surface area contributed by atoms with Crippen molar-refractivity contribution in [3.05, 3.63) is 60.2 Å². The number of nitrogens with zero attached hydrogens (tertiary/aromatic N) is 1. The maximum absolute atomic E-state index is 12.3. The molecule has 1 aliphatic rings. The van der Waals surface area contributed by atoms with Crippen molar-refractivity contribution in [3.63, 3.8) is 0 Å².